The molecule has 2 N–H and O–H groups in total. The third-order valence-electron chi connectivity index (χ3n) is 2.25. The fourth-order valence-corrected chi connectivity index (χ4v) is 2.27. The van der Waals surface area contributed by atoms with Crippen molar-refractivity contribution in [1.29, 1.82) is 0 Å². The molecule has 0 aliphatic rings. The Labute approximate surface area is 115 Å². The van der Waals surface area contributed by atoms with Gasteiger partial charge in [-0.15, -0.1) is 28.3 Å². The highest BCUT2D eigenvalue weighted by atomic mass is 79.9. The van der Waals surface area contributed by atoms with Crippen molar-refractivity contribution in [2.24, 2.45) is 0 Å². The highest BCUT2D eigenvalue weighted by molar-refractivity contribution is 8.93. The second-order valence-corrected chi connectivity index (χ2v) is 4.65. The first-order chi connectivity index (χ1) is 7.70. The van der Waals surface area contributed by atoms with E-state index < -0.39 is 0 Å². The average molecular weight is 315 g/mol. The smallest absolute Gasteiger partial charge is 0.180 e. The molecule has 2 aromatic rings. The largest absolute Gasteiger partial charge is 0.494 e. The quantitative estimate of drug-likeness (QED) is 0.940. The Morgan fingerprint density at radius 2 is 1.94 bits per heavy atom. The van der Waals surface area contributed by atoms with Crippen LogP contribution in [0, 0.1) is 6.92 Å². The molecule has 17 heavy (non-hydrogen) atoms. The standard InChI is InChI=1S/C12H14N2OS.BrH/c1-3-15-10-6-4-9(5-7-10)11-8(2)16-12(13)14-11;/h4-7H,3H2,1-2H3,(H2,13,14);1H. The maximum atomic E-state index is 5.68. The van der Waals surface area contributed by atoms with Crippen LogP contribution in [0.4, 0.5) is 5.13 Å². The summed E-state index contributed by atoms with van der Waals surface area (Å²) in [4.78, 5) is 5.45. The zero-order chi connectivity index (χ0) is 11.5. The molecule has 0 radical (unpaired) electrons. The van der Waals surface area contributed by atoms with Gasteiger partial charge >= 0.3 is 0 Å². The summed E-state index contributed by atoms with van der Waals surface area (Å²) in [5, 5.41) is 0.612. The molecule has 0 atom stereocenters. The van der Waals surface area contributed by atoms with E-state index in [4.69, 9.17) is 10.5 Å². The van der Waals surface area contributed by atoms with Gasteiger partial charge in [-0.2, -0.15) is 0 Å². The lowest BCUT2D eigenvalue weighted by atomic mass is 10.1. The van der Waals surface area contributed by atoms with E-state index in [9.17, 15) is 0 Å². The normalized spacial score (nSPS) is 9.76. The number of aryl methyl sites for hydroxylation is 1. The molecule has 0 saturated heterocycles. The highest BCUT2D eigenvalue weighted by Crippen LogP contribution is 2.29. The fourth-order valence-electron chi connectivity index (χ4n) is 1.56. The van der Waals surface area contributed by atoms with Crippen LogP contribution in [-0.2, 0) is 0 Å². The van der Waals surface area contributed by atoms with Crippen molar-refractivity contribution in [3.8, 4) is 17.0 Å². The van der Waals surface area contributed by atoms with Crippen LogP contribution in [0.1, 0.15) is 11.8 Å². The third kappa shape index (κ3) is 3.20. The molecular formula is C12H15BrN2OS. The first kappa shape index (κ1) is 14.0. The molecule has 1 aromatic carbocycles. The number of hydrogen-bond donors (Lipinski definition) is 1. The van der Waals surface area contributed by atoms with Crippen LogP contribution in [0.3, 0.4) is 0 Å². The van der Waals surface area contributed by atoms with Crippen molar-refractivity contribution in [1.82, 2.24) is 4.98 Å². The number of nitrogen functional groups attached to an aromatic ring is 1. The summed E-state index contributed by atoms with van der Waals surface area (Å²) in [5.41, 5.74) is 7.72. The molecule has 0 saturated carbocycles. The predicted molar refractivity (Wildman–Crippen MR) is 78.2 cm³/mol. The summed E-state index contributed by atoms with van der Waals surface area (Å²) < 4.78 is 5.39. The minimum atomic E-state index is 0. The summed E-state index contributed by atoms with van der Waals surface area (Å²) >= 11 is 1.51. The second kappa shape index (κ2) is 6.02. The Kier molecular flexibility index (Phi) is 4.96. The van der Waals surface area contributed by atoms with Gasteiger partial charge in [0.2, 0.25) is 0 Å². The Balaban J connectivity index is 0.00000144. The van der Waals surface area contributed by atoms with E-state index in [1.165, 1.54) is 11.3 Å². The van der Waals surface area contributed by atoms with Crippen LogP contribution < -0.4 is 10.5 Å². The molecule has 0 aliphatic heterocycles. The van der Waals surface area contributed by atoms with E-state index in [2.05, 4.69) is 4.98 Å². The third-order valence-corrected chi connectivity index (χ3v) is 3.05. The van der Waals surface area contributed by atoms with E-state index in [0.717, 1.165) is 21.9 Å². The predicted octanol–water partition coefficient (Wildman–Crippen LogP) is 3.68. The van der Waals surface area contributed by atoms with Gasteiger partial charge in [-0.3, -0.25) is 0 Å². The van der Waals surface area contributed by atoms with E-state index in [1.807, 2.05) is 38.1 Å². The van der Waals surface area contributed by atoms with Crippen molar-refractivity contribution in [2.45, 2.75) is 13.8 Å². The molecule has 0 fully saturated rings. The lowest BCUT2D eigenvalue weighted by Crippen LogP contribution is -1.91. The van der Waals surface area contributed by atoms with Crippen LogP contribution in [-0.4, -0.2) is 11.6 Å². The van der Waals surface area contributed by atoms with E-state index in [1.54, 1.807) is 0 Å². The number of halogens is 1. The van der Waals surface area contributed by atoms with Gasteiger partial charge in [-0.25, -0.2) is 4.98 Å². The number of rotatable bonds is 3. The average Bonchev–Trinajstić information content (AvgIpc) is 2.59. The number of aromatic nitrogens is 1. The topological polar surface area (TPSA) is 48.1 Å². The van der Waals surface area contributed by atoms with Crippen LogP contribution in [0.2, 0.25) is 0 Å². The molecular weight excluding hydrogens is 300 g/mol. The maximum absolute atomic E-state index is 5.68. The maximum Gasteiger partial charge on any atom is 0.180 e. The number of anilines is 1. The van der Waals surface area contributed by atoms with Crippen LogP contribution in [0.25, 0.3) is 11.3 Å². The Bertz CT molecular complexity index is 482. The van der Waals surface area contributed by atoms with Gasteiger partial charge in [0.05, 0.1) is 12.3 Å². The summed E-state index contributed by atoms with van der Waals surface area (Å²) in [6, 6.07) is 7.92. The molecule has 2 rings (SSSR count). The van der Waals surface area contributed by atoms with Gasteiger partial charge in [0.25, 0.3) is 0 Å². The lowest BCUT2D eigenvalue weighted by molar-refractivity contribution is 0.340. The molecule has 5 heteroatoms. The van der Waals surface area contributed by atoms with Gasteiger partial charge in [-0.05, 0) is 38.1 Å². The lowest BCUT2D eigenvalue weighted by Gasteiger charge is -2.03. The van der Waals surface area contributed by atoms with E-state index >= 15 is 0 Å². The Morgan fingerprint density at radius 3 is 2.41 bits per heavy atom. The van der Waals surface area contributed by atoms with Crippen LogP contribution >= 0.6 is 28.3 Å². The number of nitrogens with zero attached hydrogens (tertiary/aromatic N) is 1. The molecule has 0 bridgehead atoms. The SMILES string of the molecule is Br.CCOc1ccc(-c2nc(N)sc2C)cc1. The second-order valence-electron chi connectivity index (χ2n) is 3.41. The first-order valence-electron chi connectivity index (χ1n) is 5.17. The van der Waals surface area contributed by atoms with Gasteiger partial charge < -0.3 is 10.5 Å². The van der Waals surface area contributed by atoms with Crippen molar-refractivity contribution in [2.75, 3.05) is 12.3 Å². The van der Waals surface area contributed by atoms with Gasteiger partial charge in [0.1, 0.15) is 5.75 Å². The summed E-state index contributed by atoms with van der Waals surface area (Å²) in [6.07, 6.45) is 0. The van der Waals surface area contributed by atoms with Crippen LogP contribution in [0.5, 0.6) is 5.75 Å². The van der Waals surface area contributed by atoms with Crippen molar-refractivity contribution in [3.05, 3.63) is 29.1 Å². The molecule has 0 amide bonds. The van der Waals surface area contributed by atoms with E-state index in [0.29, 0.717) is 11.7 Å². The summed E-state index contributed by atoms with van der Waals surface area (Å²) in [5.74, 6) is 0.882. The molecule has 92 valence electrons. The minimum absolute atomic E-state index is 0. The fraction of sp³-hybridized carbons (Fsp3) is 0.250. The van der Waals surface area contributed by atoms with Crippen molar-refractivity contribution in [3.63, 3.8) is 0 Å². The monoisotopic (exact) mass is 314 g/mol. The molecule has 1 heterocycles. The molecule has 0 spiro atoms. The first-order valence-corrected chi connectivity index (χ1v) is 5.98. The van der Waals surface area contributed by atoms with Crippen LogP contribution in [0.15, 0.2) is 24.3 Å². The number of nitrogens with two attached hydrogens (primary N) is 1. The Morgan fingerprint density at radius 1 is 1.29 bits per heavy atom. The zero-order valence-electron chi connectivity index (χ0n) is 9.77. The van der Waals surface area contributed by atoms with Gasteiger partial charge in [0, 0.05) is 10.4 Å². The molecule has 1 aromatic heterocycles. The molecule has 3 nitrogen and oxygen atoms in total. The van der Waals surface area contributed by atoms with E-state index in [-0.39, 0.29) is 17.0 Å². The van der Waals surface area contributed by atoms with Crippen molar-refractivity contribution >= 4 is 33.4 Å². The summed E-state index contributed by atoms with van der Waals surface area (Å²) in [6.45, 7) is 4.68. The minimum Gasteiger partial charge on any atom is -0.494 e. The number of ether oxygens (including phenoxy) is 1. The van der Waals surface area contributed by atoms with Gasteiger partial charge in [0.15, 0.2) is 5.13 Å². The Hall–Kier alpha value is -1.07. The molecule has 0 aliphatic carbocycles. The highest BCUT2D eigenvalue weighted by Gasteiger charge is 2.07. The van der Waals surface area contributed by atoms with Gasteiger partial charge in [-0.1, -0.05) is 0 Å². The summed E-state index contributed by atoms with van der Waals surface area (Å²) in [7, 11) is 0. The number of benzene rings is 1. The zero-order valence-corrected chi connectivity index (χ0v) is 12.3. The van der Waals surface area contributed by atoms with Crippen molar-refractivity contribution < 1.29 is 4.74 Å². The number of thiazole rings is 1. The molecule has 0 unspecified atom stereocenters. The number of hydrogen-bond acceptors (Lipinski definition) is 4.